The van der Waals surface area contributed by atoms with Gasteiger partial charge in [-0.2, -0.15) is 0 Å². The van der Waals surface area contributed by atoms with Crippen molar-refractivity contribution >= 4 is 58.2 Å². The van der Waals surface area contributed by atoms with Crippen LogP contribution in [-0.2, 0) is 16.1 Å². The predicted molar refractivity (Wildman–Crippen MR) is 164 cm³/mol. The van der Waals surface area contributed by atoms with Crippen LogP contribution in [0.4, 0.5) is 0 Å². The van der Waals surface area contributed by atoms with Gasteiger partial charge in [-0.3, -0.25) is 9.36 Å². The summed E-state index contributed by atoms with van der Waals surface area (Å²) in [7, 11) is 0. The van der Waals surface area contributed by atoms with Gasteiger partial charge in [0.1, 0.15) is 6.61 Å². The highest BCUT2D eigenvalue weighted by Gasteiger charge is 2.33. The van der Waals surface area contributed by atoms with Crippen molar-refractivity contribution in [2.75, 3.05) is 6.61 Å². The Morgan fingerprint density at radius 2 is 1.71 bits per heavy atom. The SMILES string of the molecule is CCOC(=O)C1=C(C)N=c2s/c(=C/c3cc(Cl)c(OCc4ccccc4Cl)c(Cl)c3)c(=O)n2[C@H]1c1ccc(C)cc1. The number of carbonyl (C=O) groups excluding carboxylic acids is 1. The molecule has 41 heavy (non-hydrogen) atoms. The maximum atomic E-state index is 13.8. The van der Waals surface area contributed by atoms with Crippen LogP contribution >= 0.6 is 46.1 Å². The number of benzene rings is 3. The third-order valence-corrected chi connectivity index (χ3v) is 8.47. The minimum atomic E-state index is -0.680. The highest BCUT2D eigenvalue weighted by molar-refractivity contribution is 7.07. The van der Waals surface area contributed by atoms with Crippen LogP contribution in [0.15, 0.2) is 81.7 Å². The second-order valence-corrected chi connectivity index (χ2v) is 11.6. The Morgan fingerprint density at radius 3 is 2.37 bits per heavy atom. The Hall–Kier alpha value is -3.36. The predicted octanol–water partition coefficient (Wildman–Crippen LogP) is 6.65. The molecule has 1 aliphatic heterocycles. The highest BCUT2D eigenvalue weighted by Crippen LogP contribution is 2.36. The van der Waals surface area contributed by atoms with Gasteiger partial charge in [-0.1, -0.05) is 94.2 Å². The molecule has 1 atom stereocenters. The van der Waals surface area contributed by atoms with Crippen LogP contribution in [-0.4, -0.2) is 17.1 Å². The molecule has 0 radical (unpaired) electrons. The van der Waals surface area contributed by atoms with E-state index in [9.17, 15) is 9.59 Å². The van der Waals surface area contributed by atoms with Gasteiger partial charge in [-0.05, 0) is 56.2 Å². The van der Waals surface area contributed by atoms with Crippen molar-refractivity contribution in [3.8, 4) is 5.75 Å². The highest BCUT2D eigenvalue weighted by atomic mass is 35.5. The molecule has 3 aromatic carbocycles. The standard InChI is InChI=1S/C31H25Cl3N2O4S/c1-4-39-30(38)26-18(3)35-31-36(27(26)20-11-9-17(2)10-12-20)29(37)25(41-31)15-19-13-23(33)28(24(34)14-19)40-16-21-7-5-6-8-22(21)32/h5-15,27H,4,16H2,1-3H3/b25-15+/t27-/m0/s1. The molecular formula is C31H25Cl3N2O4S. The maximum Gasteiger partial charge on any atom is 0.338 e. The van der Waals surface area contributed by atoms with Gasteiger partial charge in [0, 0.05) is 10.6 Å². The van der Waals surface area contributed by atoms with E-state index in [2.05, 4.69) is 4.99 Å². The van der Waals surface area contributed by atoms with Crippen molar-refractivity contribution in [3.05, 3.63) is 129 Å². The molecule has 4 aromatic rings. The summed E-state index contributed by atoms with van der Waals surface area (Å²) in [6, 6.07) is 17.7. The van der Waals surface area contributed by atoms with Gasteiger partial charge >= 0.3 is 5.97 Å². The molecule has 2 heterocycles. The lowest BCUT2D eigenvalue weighted by molar-refractivity contribution is -0.139. The van der Waals surface area contributed by atoms with E-state index in [0.29, 0.717) is 47.0 Å². The molecule has 0 saturated heterocycles. The molecule has 1 aromatic heterocycles. The van der Waals surface area contributed by atoms with Crippen LogP contribution in [0, 0.1) is 6.92 Å². The van der Waals surface area contributed by atoms with Crippen molar-refractivity contribution in [3.63, 3.8) is 0 Å². The molecule has 10 heteroatoms. The topological polar surface area (TPSA) is 69.9 Å². The average molecular weight is 628 g/mol. The van der Waals surface area contributed by atoms with E-state index in [1.807, 2.05) is 49.4 Å². The maximum absolute atomic E-state index is 13.8. The van der Waals surface area contributed by atoms with Gasteiger partial charge < -0.3 is 9.47 Å². The van der Waals surface area contributed by atoms with Gasteiger partial charge in [0.2, 0.25) is 0 Å². The number of hydrogen-bond donors (Lipinski definition) is 0. The van der Waals surface area contributed by atoms with E-state index in [1.165, 1.54) is 11.3 Å². The fourth-order valence-electron chi connectivity index (χ4n) is 4.57. The van der Waals surface area contributed by atoms with Gasteiger partial charge in [-0.25, -0.2) is 9.79 Å². The summed E-state index contributed by atoms with van der Waals surface area (Å²) in [5, 5.41) is 1.17. The van der Waals surface area contributed by atoms with E-state index >= 15 is 0 Å². The minimum Gasteiger partial charge on any atom is -0.486 e. The molecule has 0 aliphatic carbocycles. The molecule has 210 valence electrons. The number of carbonyl (C=O) groups is 1. The Labute approximate surface area is 255 Å². The summed E-state index contributed by atoms with van der Waals surface area (Å²) < 4.78 is 13.2. The molecular weight excluding hydrogens is 603 g/mol. The number of nitrogens with zero attached hydrogens (tertiary/aromatic N) is 2. The summed E-state index contributed by atoms with van der Waals surface area (Å²) in [5.41, 5.74) is 3.81. The minimum absolute atomic E-state index is 0.193. The first-order chi connectivity index (χ1) is 19.7. The van der Waals surface area contributed by atoms with Crippen molar-refractivity contribution in [1.29, 1.82) is 0 Å². The summed E-state index contributed by atoms with van der Waals surface area (Å²) in [5.74, 6) is -0.180. The molecule has 0 fully saturated rings. The number of ether oxygens (including phenoxy) is 2. The monoisotopic (exact) mass is 626 g/mol. The third-order valence-electron chi connectivity index (χ3n) is 6.56. The summed E-state index contributed by atoms with van der Waals surface area (Å²) in [6.07, 6.45) is 1.70. The lowest BCUT2D eigenvalue weighted by Gasteiger charge is -2.24. The van der Waals surface area contributed by atoms with Crippen LogP contribution in [0.1, 0.15) is 42.1 Å². The van der Waals surface area contributed by atoms with E-state index in [0.717, 1.165) is 16.7 Å². The first-order valence-corrected chi connectivity index (χ1v) is 14.7. The first kappa shape index (κ1) is 29.1. The van der Waals surface area contributed by atoms with Crippen LogP contribution in [0.3, 0.4) is 0 Å². The van der Waals surface area contributed by atoms with Gasteiger partial charge in [0.05, 0.1) is 38.5 Å². The zero-order valence-electron chi connectivity index (χ0n) is 22.4. The lowest BCUT2D eigenvalue weighted by Crippen LogP contribution is -2.39. The van der Waals surface area contributed by atoms with Crippen molar-refractivity contribution in [1.82, 2.24) is 4.57 Å². The van der Waals surface area contributed by atoms with Crippen LogP contribution < -0.4 is 19.6 Å². The van der Waals surface area contributed by atoms with E-state index in [4.69, 9.17) is 44.3 Å². The van der Waals surface area contributed by atoms with Crippen molar-refractivity contribution in [2.24, 2.45) is 4.99 Å². The van der Waals surface area contributed by atoms with E-state index in [1.54, 1.807) is 42.7 Å². The number of halogens is 3. The molecule has 0 N–H and O–H groups in total. The average Bonchev–Trinajstić information content (AvgIpc) is 3.23. The molecule has 1 aliphatic rings. The molecule has 0 unspecified atom stereocenters. The fraction of sp³-hybridized carbons (Fsp3) is 0.194. The van der Waals surface area contributed by atoms with E-state index in [-0.39, 0.29) is 18.8 Å². The number of thiazole rings is 1. The number of esters is 1. The molecule has 0 saturated carbocycles. The first-order valence-electron chi connectivity index (χ1n) is 12.8. The number of rotatable bonds is 7. The summed E-state index contributed by atoms with van der Waals surface area (Å²) >= 11 is 20.6. The van der Waals surface area contributed by atoms with Crippen molar-refractivity contribution < 1.29 is 14.3 Å². The van der Waals surface area contributed by atoms with Crippen LogP contribution in [0.5, 0.6) is 5.75 Å². The van der Waals surface area contributed by atoms with Crippen molar-refractivity contribution in [2.45, 2.75) is 33.4 Å². The zero-order chi connectivity index (χ0) is 29.3. The fourth-order valence-corrected chi connectivity index (χ4v) is 6.42. The number of hydrogen-bond acceptors (Lipinski definition) is 6. The summed E-state index contributed by atoms with van der Waals surface area (Å²) in [4.78, 5) is 32.0. The second-order valence-electron chi connectivity index (χ2n) is 9.41. The quantitative estimate of drug-likeness (QED) is 0.215. The molecule has 0 amide bonds. The Balaban J connectivity index is 1.56. The largest absolute Gasteiger partial charge is 0.486 e. The lowest BCUT2D eigenvalue weighted by atomic mass is 9.95. The van der Waals surface area contributed by atoms with Gasteiger partial charge in [-0.15, -0.1) is 0 Å². The van der Waals surface area contributed by atoms with Gasteiger partial charge in [0.25, 0.3) is 5.56 Å². The van der Waals surface area contributed by atoms with E-state index < -0.39 is 12.0 Å². The normalized spacial score (nSPS) is 15.0. The Kier molecular flexibility index (Phi) is 8.71. The molecule has 0 spiro atoms. The molecule has 0 bridgehead atoms. The number of fused-ring (bicyclic) bond motifs is 1. The summed E-state index contributed by atoms with van der Waals surface area (Å²) in [6.45, 7) is 5.88. The number of allylic oxidation sites excluding steroid dienone is 1. The third kappa shape index (κ3) is 5.99. The number of aryl methyl sites for hydroxylation is 1. The number of aromatic nitrogens is 1. The van der Waals surface area contributed by atoms with Crippen LogP contribution in [0.2, 0.25) is 15.1 Å². The smallest absolute Gasteiger partial charge is 0.338 e. The second kappa shape index (κ2) is 12.2. The Bertz CT molecular complexity index is 1840. The molecule has 6 nitrogen and oxygen atoms in total. The zero-order valence-corrected chi connectivity index (χ0v) is 25.5. The van der Waals surface area contributed by atoms with Crippen LogP contribution in [0.25, 0.3) is 6.08 Å². The molecule has 5 rings (SSSR count). The Morgan fingerprint density at radius 1 is 1.02 bits per heavy atom. The van der Waals surface area contributed by atoms with Gasteiger partial charge in [0.15, 0.2) is 10.6 Å².